The van der Waals surface area contributed by atoms with E-state index in [9.17, 15) is 4.79 Å². The van der Waals surface area contributed by atoms with Crippen molar-refractivity contribution in [1.29, 1.82) is 0 Å². The van der Waals surface area contributed by atoms with Gasteiger partial charge in [0.2, 0.25) is 0 Å². The van der Waals surface area contributed by atoms with Gasteiger partial charge in [0.25, 0.3) is 5.91 Å². The monoisotopic (exact) mass is 348 g/mol. The molecule has 0 aliphatic heterocycles. The van der Waals surface area contributed by atoms with E-state index in [0.717, 1.165) is 17.3 Å². The van der Waals surface area contributed by atoms with Crippen LogP contribution in [0.1, 0.15) is 22.3 Å². The normalized spacial score (nSPS) is 10.2. The number of hydrogen-bond donors (Lipinski definition) is 3. The summed E-state index contributed by atoms with van der Waals surface area (Å²) in [6, 6.07) is 11.9. The predicted molar refractivity (Wildman–Crippen MR) is 86.8 cm³/mol. The predicted octanol–water partition coefficient (Wildman–Crippen LogP) is 2.49. The van der Waals surface area contributed by atoms with Gasteiger partial charge in [-0.2, -0.15) is 0 Å². The largest absolute Gasteiger partial charge is 0.352 e. The molecule has 0 aliphatic rings. The van der Waals surface area contributed by atoms with Gasteiger partial charge in [-0.05, 0) is 40.4 Å². The Kier molecular flexibility index (Phi) is 5.71. The summed E-state index contributed by atoms with van der Waals surface area (Å²) in [5.74, 6) is 5.53. The first-order valence-electron chi connectivity index (χ1n) is 6.65. The number of pyridine rings is 1. The van der Waals surface area contributed by atoms with Crippen LogP contribution in [0.2, 0.25) is 0 Å². The van der Waals surface area contributed by atoms with Crippen molar-refractivity contribution in [3.05, 3.63) is 58.2 Å². The average molecular weight is 349 g/mol. The Balaban J connectivity index is 1.86. The van der Waals surface area contributed by atoms with Crippen molar-refractivity contribution < 1.29 is 4.79 Å². The van der Waals surface area contributed by atoms with E-state index in [1.54, 1.807) is 12.3 Å². The van der Waals surface area contributed by atoms with E-state index in [1.165, 1.54) is 5.56 Å². The lowest BCUT2D eigenvalue weighted by molar-refractivity contribution is 0.0953. The summed E-state index contributed by atoms with van der Waals surface area (Å²) in [5.41, 5.74) is 4.11. The molecule has 1 aromatic carbocycles. The highest BCUT2D eigenvalue weighted by atomic mass is 79.9. The Hall–Kier alpha value is -1.92. The van der Waals surface area contributed by atoms with Crippen LogP contribution in [-0.2, 0) is 6.42 Å². The number of nitrogens with two attached hydrogens (primary N) is 1. The topological polar surface area (TPSA) is 80.0 Å². The summed E-state index contributed by atoms with van der Waals surface area (Å²) in [6.45, 7) is 0.601. The van der Waals surface area contributed by atoms with E-state index in [4.69, 9.17) is 5.84 Å². The molecule has 2 rings (SSSR count). The van der Waals surface area contributed by atoms with E-state index in [1.807, 2.05) is 18.2 Å². The summed E-state index contributed by atoms with van der Waals surface area (Å²) < 4.78 is 0.732. The number of aryl methyl sites for hydroxylation is 1. The van der Waals surface area contributed by atoms with Gasteiger partial charge in [-0.15, -0.1) is 0 Å². The average Bonchev–Trinajstić information content (AvgIpc) is 2.52. The van der Waals surface area contributed by atoms with Crippen LogP contribution in [0.25, 0.3) is 0 Å². The third kappa shape index (κ3) is 4.54. The van der Waals surface area contributed by atoms with Crippen molar-refractivity contribution in [2.75, 3.05) is 12.0 Å². The molecule has 1 amide bonds. The van der Waals surface area contributed by atoms with Crippen LogP contribution in [-0.4, -0.2) is 17.4 Å². The smallest absolute Gasteiger partial charge is 0.255 e. The van der Waals surface area contributed by atoms with Crippen LogP contribution in [0.3, 0.4) is 0 Å². The van der Waals surface area contributed by atoms with E-state index in [2.05, 4.69) is 43.8 Å². The summed E-state index contributed by atoms with van der Waals surface area (Å²) in [4.78, 5) is 16.2. The van der Waals surface area contributed by atoms with Crippen molar-refractivity contribution in [3.63, 3.8) is 0 Å². The molecule has 4 N–H and O–H groups in total. The van der Waals surface area contributed by atoms with Gasteiger partial charge in [0.05, 0.1) is 5.56 Å². The number of nitrogens with one attached hydrogen (secondary N) is 2. The fraction of sp³-hybridized carbons (Fsp3) is 0.200. The Morgan fingerprint density at radius 3 is 2.76 bits per heavy atom. The number of amides is 1. The Morgan fingerprint density at radius 2 is 2.05 bits per heavy atom. The third-order valence-electron chi connectivity index (χ3n) is 3.01. The highest BCUT2D eigenvalue weighted by Gasteiger charge is 2.12. The summed E-state index contributed by atoms with van der Waals surface area (Å²) in [7, 11) is 0. The fourth-order valence-corrected chi connectivity index (χ4v) is 2.29. The number of hydrazine groups is 1. The minimum absolute atomic E-state index is 0.190. The zero-order valence-corrected chi connectivity index (χ0v) is 13.1. The number of halogens is 1. The minimum atomic E-state index is -0.190. The van der Waals surface area contributed by atoms with Crippen LogP contribution >= 0.6 is 15.9 Å². The van der Waals surface area contributed by atoms with Crippen molar-refractivity contribution in [2.45, 2.75) is 12.8 Å². The fourth-order valence-electron chi connectivity index (χ4n) is 1.96. The summed E-state index contributed by atoms with van der Waals surface area (Å²) in [5, 5.41) is 2.88. The molecule has 2 aromatic rings. The number of rotatable bonds is 6. The van der Waals surface area contributed by atoms with Crippen LogP contribution < -0.4 is 16.6 Å². The molecular weight excluding hydrogens is 332 g/mol. The molecule has 6 heteroatoms. The van der Waals surface area contributed by atoms with E-state index >= 15 is 0 Å². The van der Waals surface area contributed by atoms with Gasteiger partial charge in [-0.25, -0.2) is 10.8 Å². The number of carbonyl (C=O) groups is 1. The third-order valence-corrected chi connectivity index (χ3v) is 3.44. The first kappa shape index (κ1) is 15.5. The van der Waals surface area contributed by atoms with E-state index in [-0.39, 0.29) is 5.91 Å². The molecule has 0 spiro atoms. The molecule has 0 aliphatic carbocycles. The molecule has 110 valence electrons. The molecule has 0 bridgehead atoms. The number of aromatic nitrogens is 1. The molecule has 5 nitrogen and oxygen atoms in total. The lowest BCUT2D eigenvalue weighted by Crippen LogP contribution is -2.27. The summed E-state index contributed by atoms with van der Waals surface area (Å²) in [6.07, 6.45) is 3.39. The zero-order chi connectivity index (χ0) is 15.1. The van der Waals surface area contributed by atoms with Gasteiger partial charge >= 0.3 is 0 Å². The van der Waals surface area contributed by atoms with E-state index < -0.39 is 0 Å². The van der Waals surface area contributed by atoms with Crippen LogP contribution in [0.15, 0.2) is 47.1 Å². The molecule has 1 heterocycles. The Labute approximate surface area is 132 Å². The SMILES string of the molecule is NNc1ncc(Br)cc1C(=O)NCCCc1ccccc1. The van der Waals surface area contributed by atoms with Crippen LogP contribution in [0.4, 0.5) is 5.82 Å². The first-order valence-corrected chi connectivity index (χ1v) is 7.44. The molecule has 0 radical (unpaired) electrons. The molecule has 0 fully saturated rings. The number of nitrogens with zero attached hydrogens (tertiary/aromatic N) is 1. The lowest BCUT2D eigenvalue weighted by atomic mass is 10.1. The van der Waals surface area contributed by atoms with Gasteiger partial charge in [0, 0.05) is 17.2 Å². The zero-order valence-electron chi connectivity index (χ0n) is 11.5. The minimum Gasteiger partial charge on any atom is -0.352 e. The molecular formula is C15H17BrN4O. The maximum atomic E-state index is 12.1. The second-order valence-electron chi connectivity index (χ2n) is 4.54. The molecule has 0 saturated carbocycles. The number of benzene rings is 1. The van der Waals surface area contributed by atoms with Gasteiger partial charge in [-0.1, -0.05) is 30.3 Å². The van der Waals surface area contributed by atoms with Gasteiger partial charge < -0.3 is 10.7 Å². The standard InChI is InChI=1S/C15H17BrN4O/c16-12-9-13(14(20-17)19-10-12)15(21)18-8-4-7-11-5-2-1-3-6-11/h1-3,5-6,9-10H,4,7-8,17H2,(H,18,21)(H,19,20). The number of anilines is 1. The number of nitrogen functional groups attached to an aromatic ring is 1. The number of carbonyl (C=O) groups excluding carboxylic acids is 1. The molecule has 0 unspecified atom stereocenters. The Bertz CT molecular complexity index is 604. The van der Waals surface area contributed by atoms with Crippen LogP contribution in [0, 0.1) is 0 Å². The maximum Gasteiger partial charge on any atom is 0.255 e. The molecule has 0 saturated heterocycles. The van der Waals surface area contributed by atoms with Gasteiger partial charge in [-0.3, -0.25) is 4.79 Å². The van der Waals surface area contributed by atoms with Crippen molar-refractivity contribution in [3.8, 4) is 0 Å². The van der Waals surface area contributed by atoms with E-state index in [0.29, 0.717) is 17.9 Å². The highest BCUT2D eigenvalue weighted by molar-refractivity contribution is 9.10. The molecule has 1 aromatic heterocycles. The van der Waals surface area contributed by atoms with Gasteiger partial charge in [0.15, 0.2) is 5.82 Å². The second-order valence-corrected chi connectivity index (χ2v) is 5.45. The number of hydrogen-bond acceptors (Lipinski definition) is 4. The first-order chi connectivity index (χ1) is 10.2. The van der Waals surface area contributed by atoms with Crippen molar-refractivity contribution in [1.82, 2.24) is 10.3 Å². The highest BCUT2D eigenvalue weighted by Crippen LogP contribution is 2.17. The maximum absolute atomic E-state index is 12.1. The second kappa shape index (κ2) is 7.75. The van der Waals surface area contributed by atoms with Crippen molar-refractivity contribution >= 4 is 27.7 Å². The molecule has 0 atom stereocenters. The van der Waals surface area contributed by atoms with Gasteiger partial charge in [0.1, 0.15) is 0 Å². The Morgan fingerprint density at radius 1 is 1.29 bits per heavy atom. The summed E-state index contributed by atoms with van der Waals surface area (Å²) >= 11 is 3.30. The molecule has 21 heavy (non-hydrogen) atoms. The van der Waals surface area contributed by atoms with Crippen molar-refractivity contribution in [2.24, 2.45) is 5.84 Å². The van der Waals surface area contributed by atoms with Crippen LogP contribution in [0.5, 0.6) is 0 Å². The lowest BCUT2D eigenvalue weighted by Gasteiger charge is -2.09. The quantitative estimate of drug-likeness (QED) is 0.425.